The number of aromatic nitrogens is 2. The SMILES string of the molecule is CN(C)CCn1ncc(Cl)c1C(O)C1CN(C)CCO1. The maximum atomic E-state index is 10.6. The Labute approximate surface area is 124 Å². The molecule has 0 aliphatic carbocycles. The average Bonchev–Trinajstić information content (AvgIpc) is 2.76. The second-order valence-electron chi connectivity index (χ2n) is 5.52. The van der Waals surface area contributed by atoms with E-state index in [0.717, 1.165) is 13.1 Å². The van der Waals surface area contributed by atoms with E-state index in [-0.39, 0.29) is 6.10 Å². The number of aliphatic hydroxyl groups excluding tert-OH is 1. The van der Waals surface area contributed by atoms with Gasteiger partial charge >= 0.3 is 0 Å². The van der Waals surface area contributed by atoms with Crippen LogP contribution in [0.25, 0.3) is 0 Å². The zero-order valence-electron chi connectivity index (χ0n) is 12.3. The van der Waals surface area contributed by atoms with Crippen molar-refractivity contribution in [2.75, 3.05) is 47.4 Å². The van der Waals surface area contributed by atoms with E-state index >= 15 is 0 Å². The molecule has 0 spiro atoms. The van der Waals surface area contributed by atoms with Crippen LogP contribution in [0.1, 0.15) is 11.8 Å². The van der Waals surface area contributed by atoms with E-state index in [1.807, 2.05) is 21.1 Å². The Kier molecular flexibility index (Phi) is 5.40. The molecule has 1 aliphatic rings. The predicted molar refractivity (Wildman–Crippen MR) is 78.0 cm³/mol. The lowest BCUT2D eigenvalue weighted by atomic mass is 10.1. The van der Waals surface area contributed by atoms with Crippen LogP contribution in [0.4, 0.5) is 0 Å². The summed E-state index contributed by atoms with van der Waals surface area (Å²) in [5.74, 6) is 0. The zero-order valence-corrected chi connectivity index (χ0v) is 13.0. The summed E-state index contributed by atoms with van der Waals surface area (Å²) in [5.41, 5.74) is 0.647. The fraction of sp³-hybridized carbons (Fsp3) is 0.769. The first-order valence-electron chi connectivity index (χ1n) is 6.83. The highest BCUT2D eigenvalue weighted by Gasteiger charge is 2.30. The van der Waals surface area contributed by atoms with E-state index in [4.69, 9.17) is 16.3 Å². The van der Waals surface area contributed by atoms with E-state index in [1.165, 1.54) is 0 Å². The molecule has 0 amide bonds. The third-order valence-electron chi connectivity index (χ3n) is 3.52. The van der Waals surface area contributed by atoms with Crippen LogP contribution in [0.2, 0.25) is 5.02 Å². The van der Waals surface area contributed by atoms with Gasteiger partial charge < -0.3 is 19.6 Å². The third-order valence-corrected chi connectivity index (χ3v) is 3.81. The van der Waals surface area contributed by atoms with Crippen molar-refractivity contribution in [2.45, 2.75) is 18.8 Å². The Balaban J connectivity index is 2.11. The van der Waals surface area contributed by atoms with Gasteiger partial charge in [-0.15, -0.1) is 0 Å². The highest BCUT2D eigenvalue weighted by molar-refractivity contribution is 6.31. The number of rotatable bonds is 5. The average molecular weight is 303 g/mol. The lowest BCUT2D eigenvalue weighted by molar-refractivity contribution is -0.0869. The first-order chi connectivity index (χ1) is 9.49. The summed E-state index contributed by atoms with van der Waals surface area (Å²) in [6.45, 7) is 3.73. The van der Waals surface area contributed by atoms with Crippen LogP contribution in [0.15, 0.2) is 6.20 Å². The molecule has 1 N–H and O–H groups in total. The van der Waals surface area contributed by atoms with Crippen molar-refractivity contribution in [3.05, 3.63) is 16.9 Å². The second kappa shape index (κ2) is 6.87. The zero-order chi connectivity index (χ0) is 14.7. The normalized spacial score (nSPS) is 22.4. The van der Waals surface area contributed by atoms with Crippen LogP contribution in [0.5, 0.6) is 0 Å². The number of nitrogens with zero attached hydrogens (tertiary/aromatic N) is 4. The highest BCUT2D eigenvalue weighted by atomic mass is 35.5. The van der Waals surface area contributed by atoms with Gasteiger partial charge in [0.25, 0.3) is 0 Å². The summed E-state index contributed by atoms with van der Waals surface area (Å²) in [4.78, 5) is 4.21. The highest BCUT2D eigenvalue weighted by Crippen LogP contribution is 2.28. The summed E-state index contributed by atoms with van der Waals surface area (Å²) in [5, 5.41) is 15.3. The van der Waals surface area contributed by atoms with Gasteiger partial charge in [-0.25, -0.2) is 0 Å². The van der Waals surface area contributed by atoms with Gasteiger partial charge in [0.05, 0.1) is 30.1 Å². The van der Waals surface area contributed by atoms with Gasteiger partial charge in [0.1, 0.15) is 12.2 Å². The van der Waals surface area contributed by atoms with Crippen LogP contribution >= 0.6 is 11.6 Å². The molecule has 20 heavy (non-hydrogen) atoms. The number of morpholine rings is 1. The molecular weight excluding hydrogens is 280 g/mol. The van der Waals surface area contributed by atoms with Crippen molar-refractivity contribution >= 4 is 11.6 Å². The topological polar surface area (TPSA) is 53.8 Å². The maximum absolute atomic E-state index is 10.6. The molecule has 1 aromatic heterocycles. The summed E-state index contributed by atoms with van der Waals surface area (Å²) in [7, 11) is 6.02. The minimum atomic E-state index is -0.755. The van der Waals surface area contributed by atoms with E-state index in [2.05, 4.69) is 14.9 Å². The molecule has 0 radical (unpaired) electrons. The first-order valence-corrected chi connectivity index (χ1v) is 7.21. The van der Waals surface area contributed by atoms with E-state index < -0.39 is 6.10 Å². The van der Waals surface area contributed by atoms with Gasteiger partial charge in [-0.2, -0.15) is 5.10 Å². The minimum Gasteiger partial charge on any atom is -0.384 e. The Morgan fingerprint density at radius 1 is 1.60 bits per heavy atom. The maximum Gasteiger partial charge on any atom is 0.124 e. The lowest BCUT2D eigenvalue weighted by Crippen LogP contribution is -2.43. The Hall–Kier alpha value is -0.660. The molecule has 1 saturated heterocycles. The Morgan fingerprint density at radius 3 is 3.00 bits per heavy atom. The summed E-state index contributed by atoms with van der Waals surface area (Å²) >= 11 is 6.18. The standard InChI is InChI=1S/C13H23ClN4O2/c1-16(2)4-5-18-12(10(14)8-15-18)13(19)11-9-17(3)6-7-20-11/h8,11,13,19H,4-7,9H2,1-3H3. The first kappa shape index (κ1) is 15.7. The molecule has 0 bridgehead atoms. The monoisotopic (exact) mass is 302 g/mol. The van der Waals surface area contributed by atoms with E-state index in [1.54, 1.807) is 10.9 Å². The molecule has 1 aromatic rings. The number of likely N-dealkylation sites (N-methyl/N-ethyl adjacent to an activating group) is 2. The molecule has 2 unspecified atom stereocenters. The van der Waals surface area contributed by atoms with Gasteiger partial charge in [0.15, 0.2) is 0 Å². The molecule has 0 saturated carbocycles. The van der Waals surface area contributed by atoms with Gasteiger partial charge in [-0.1, -0.05) is 11.6 Å². The summed E-state index contributed by atoms with van der Waals surface area (Å²) in [6.07, 6.45) is 0.568. The Morgan fingerprint density at radius 2 is 2.35 bits per heavy atom. The fourth-order valence-electron chi connectivity index (χ4n) is 2.32. The van der Waals surface area contributed by atoms with Crippen LogP contribution in [-0.2, 0) is 11.3 Å². The molecule has 1 aliphatic heterocycles. The lowest BCUT2D eigenvalue weighted by Gasteiger charge is -2.33. The van der Waals surface area contributed by atoms with Crippen LogP contribution in [-0.4, -0.2) is 78.2 Å². The largest absolute Gasteiger partial charge is 0.384 e. The van der Waals surface area contributed by atoms with Gasteiger partial charge in [0, 0.05) is 19.6 Å². The smallest absolute Gasteiger partial charge is 0.124 e. The van der Waals surface area contributed by atoms with Gasteiger partial charge in [-0.3, -0.25) is 4.68 Å². The number of hydrogen-bond acceptors (Lipinski definition) is 5. The van der Waals surface area contributed by atoms with Gasteiger partial charge in [-0.05, 0) is 21.1 Å². The van der Waals surface area contributed by atoms with Crippen molar-refractivity contribution in [3.63, 3.8) is 0 Å². The molecule has 0 aromatic carbocycles. The molecule has 6 nitrogen and oxygen atoms in total. The molecule has 114 valence electrons. The third kappa shape index (κ3) is 3.71. The number of hydrogen-bond donors (Lipinski definition) is 1. The number of ether oxygens (including phenoxy) is 1. The van der Waals surface area contributed by atoms with E-state index in [0.29, 0.717) is 30.4 Å². The molecule has 2 atom stereocenters. The molecule has 2 heterocycles. The van der Waals surface area contributed by atoms with Gasteiger partial charge in [0.2, 0.25) is 0 Å². The second-order valence-corrected chi connectivity index (χ2v) is 5.93. The summed E-state index contributed by atoms with van der Waals surface area (Å²) in [6, 6.07) is 0. The molecule has 2 rings (SSSR count). The van der Waals surface area contributed by atoms with Crippen molar-refractivity contribution in [2.24, 2.45) is 0 Å². The molecule has 7 heteroatoms. The minimum absolute atomic E-state index is 0.263. The summed E-state index contributed by atoms with van der Waals surface area (Å²) < 4.78 is 7.44. The van der Waals surface area contributed by atoms with E-state index in [9.17, 15) is 5.11 Å². The van der Waals surface area contributed by atoms with Crippen molar-refractivity contribution in [3.8, 4) is 0 Å². The number of aliphatic hydroxyl groups is 1. The van der Waals surface area contributed by atoms with Crippen LogP contribution < -0.4 is 0 Å². The van der Waals surface area contributed by atoms with Crippen molar-refractivity contribution in [1.29, 1.82) is 0 Å². The number of halogens is 1. The van der Waals surface area contributed by atoms with Crippen LogP contribution in [0, 0.1) is 0 Å². The fourth-order valence-corrected chi connectivity index (χ4v) is 2.57. The quantitative estimate of drug-likeness (QED) is 0.856. The molecule has 1 fully saturated rings. The molecular formula is C13H23ClN4O2. The van der Waals surface area contributed by atoms with Crippen LogP contribution in [0.3, 0.4) is 0 Å². The Bertz CT molecular complexity index is 438. The van der Waals surface area contributed by atoms with Crippen molar-refractivity contribution < 1.29 is 9.84 Å². The van der Waals surface area contributed by atoms with Crippen molar-refractivity contribution in [1.82, 2.24) is 19.6 Å². The predicted octanol–water partition coefficient (Wildman–Crippen LogP) is 0.462.